The lowest BCUT2D eigenvalue weighted by atomic mass is 10.2. The molecular formula is C13H12F3N3OS. The Labute approximate surface area is 123 Å². The summed E-state index contributed by atoms with van der Waals surface area (Å²) in [6.45, 7) is 1.67. The summed E-state index contributed by atoms with van der Waals surface area (Å²) in [5, 5.41) is 5.84. The van der Waals surface area contributed by atoms with E-state index < -0.39 is 17.6 Å². The van der Waals surface area contributed by atoms with Gasteiger partial charge in [-0.25, -0.2) is 4.98 Å². The number of hydrogen-bond donors (Lipinski definition) is 2. The molecule has 1 heterocycles. The summed E-state index contributed by atoms with van der Waals surface area (Å²) in [6, 6.07) is 4.50. The van der Waals surface area contributed by atoms with Crippen LogP contribution < -0.4 is 10.6 Å². The minimum Gasteiger partial charge on any atom is -0.365 e. The van der Waals surface area contributed by atoms with Gasteiger partial charge in [-0.15, -0.1) is 0 Å². The third-order valence-electron chi connectivity index (χ3n) is 2.66. The lowest BCUT2D eigenvalue weighted by molar-refractivity contribution is -0.137. The molecule has 1 amide bonds. The molecular weight excluding hydrogens is 303 g/mol. The second kappa shape index (κ2) is 5.72. The molecule has 0 bridgehead atoms. The number of halogens is 3. The van der Waals surface area contributed by atoms with Gasteiger partial charge in [-0.3, -0.25) is 4.79 Å². The first-order chi connectivity index (χ1) is 9.81. The Bertz CT molecular complexity index is 667. The zero-order valence-electron chi connectivity index (χ0n) is 11.2. The molecule has 2 rings (SSSR count). The number of anilines is 2. The summed E-state index contributed by atoms with van der Waals surface area (Å²) in [5.41, 5.74) is -0.195. The van der Waals surface area contributed by atoms with Gasteiger partial charge < -0.3 is 10.6 Å². The van der Waals surface area contributed by atoms with E-state index in [4.69, 9.17) is 0 Å². The van der Waals surface area contributed by atoms with Crippen molar-refractivity contribution in [3.63, 3.8) is 0 Å². The number of hydrogen-bond acceptors (Lipinski definition) is 4. The maximum atomic E-state index is 12.6. The highest BCUT2D eigenvalue weighted by Crippen LogP contribution is 2.31. The normalized spacial score (nSPS) is 11.3. The van der Waals surface area contributed by atoms with Crippen molar-refractivity contribution < 1.29 is 18.0 Å². The average Bonchev–Trinajstić information content (AvgIpc) is 2.79. The van der Waals surface area contributed by atoms with E-state index in [2.05, 4.69) is 15.6 Å². The van der Waals surface area contributed by atoms with Crippen molar-refractivity contribution in [1.82, 2.24) is 4.98 Å². The summed E-state index contributed by atoms with van der Waals surface area (Å²) in [4.78, 5) is 16.5. The Balaban J connectivity index is 2.21. The van der Waals surface area contributed by atoms with E-state index >= 15 is 0 Å². The van der Waals surface area contributed by atoms with Crippen LogP contribution in [0.25, 0.3) is 0 Å². The molecule has 0 saturated heterocycles. The fourth-order valence-electron chi connectivity index (χ4n) is 1.68. The SMILES string of the molecule is CNc1nc(C)c(C(=O)Nc2cccc(C(F)(F)F)c2)s1. The van der Waals surface area contributed by atoms with E-state index in [-0.39, 0.29) is 5.69 Å². The molecule has 0 unspecified atom stereocenters. The quantitative estimate of drug-likeness (QED) is 0.906. The van der Waals surface area contributed by atoms with Gasteiger partial charge in [0.25, 0.3) is 5.91 Å². The number of alkyl halides is 3. The van der Waals surface area contributed by atoms with Crippen molar-refractivity contribution in [3.05, 3.63) is 40.4 Å². The minimum absolute atomic E-state index is 0.0913. The standard InChI is InChI=1S/C13H12F3N3OS/c1-7-10(21-12(17-2)18-7)11(20)19-9-5-3-4-8(6-9)13(14,15)16/h3-6H,1-2H3,(H,17,18)(H,19,20). The van der Waals surface area contributed by atoms with Crippen molar-refractivity contribution in [2.75, 3.05) is 17.7 Å². The fraction of sp³-hybridized carbons (Fsp3) is 0.231. The first kappa shape index (κ1) is 15.3. The fourth-order valence-corrected chi connectivity index (χ4v) is 2.49. The molecule has 2 N–H and O–H groups in total. The second-order valence-electron chi connectivity index (χ2n) is 4.22. The molecule has 0 saturated carbocycles. The van der Waals surface area contributed by atoms with E-state index in [0.29, 0.717) is 15.7 Å². The van der Waals surface area contributed by atoms with Gasteiger partial charge >= 0.3 is 6.18 Å². The smallest absolute Gasteiger partial charge is 0.365 e. The monoisotopic (exact) mass is 315 g/mol. The van der Waals surface area contributed by atoms with Crippen LogP contribution in [0, 0.1) is 6.92 Å². The predicted octanol–water partition coefficient (Wildman–Crippen LogP) is 3.76. The number of thiazole rings is 1. The molecule has 0 aliphatic heterocycles. The topological polar surface area (TPSA) is 54.0 Å². The molecule has 0 aliphatic carbocycles. The van der Waals surface area contributed by atoms with E-state index in [0.717, 1.165) is 23.5 Å². The molecule has 0 aliphatic rings. The summed E-state index contributed by atoms with van der Waals surface area (Å²) in [7, 11) is 1.67. The molecule has 0 atom stereocenters. The Morgan fingerprint density at radius 1 is 1.33 bits per heavy atom. The predicted molar refractivity (Wildman–Crippen MR) is 75.8 cm³/mol. The number of nitrogens with one attached hydrogen (secondary N) is 2. The van der Waals surface area contributed by atoms with Crippen LogP contribution >= 0.6 is 11.3 Å². The summed E-state index contributed by atoms with van der Waals surface area (Å²) >= 11 is 1.14. The highest BCUT2D eigenvalue weighted by Gasteiger charge is 2.30. The second-order valence-corrected chi connectivity index (χ2v) is 5.22. The zero-order valence-corrected chi connectivity index (χ0v) is 12.0. The highest BCUT2D eigenvalue weighted by atomic mass is 32.1. The largest absolute Gasteiger partial charge is 0.416 e. The van der Waals surface area contributed by atoms with Crippen LogP contribution in [0.5, 0.6) is 0 Å². The van der Waals surface area contributed by atoms with Gasteiger partial charge in [-0.05, 0) is 25.1 Å². The molecule has 1 aromatic heterocycles. The van der Waals surface area contributed by atoms with E-state index in [1.807, 2.05) is 0 Å². The average molecular weight is 315 g/mol. The Hall–Kier alpha value is -2.09. The van der Waals surface area contributed by atoms with E-state index in [1.54, 1.807) is 14.0 Å². The number of aryl methyl sites for hydroxylation is 1. The Morgan fingerprint density at radius 2 is 2.05 bits per heavy atom. The first-order valence-electron chi connectivity index (χ1n) is 5.95. The maximum absolute atomic E-state index is 12.6. The van der Waals surface area contributed by atoms with Gasteiger partial charge in [0.1, 0.15) is 4.88 Å². The molecule has 1 aromatic carbocycles. The molecule has 0 radical (unpaired) electrons. The van der Waals surface area contributed by atoms with Crippen molar-refractivity contribution in [1.29, 1.82) is 0 Å². The van der Waals surface area contributed by atoms with Crippen LogP contribution in [-0.2, 0) is 6.18 Å². The number of nitrogens with zero attached hydrogens (tertiary/aromatic N) is 1. The van der Waals surface area contributed by atoms with Crippen molar-refractivity contribution >= 4 is 28.1 Å². The third-order valence-corrected chi connectivity index (χ3v) is 3.84. The highest BCUT2D eigenvalue weighted by molar-refractivity contribution is 7.17. The molecule has 8 heteroatoms. The number of benzene rings is 1. The lowest BCUT2D eigenvalue weighted by Gasteiger charge is -2.09. The number of amides is 1. The van der Waals surface area contributed by atoms with Crippen LogP contribution in [-0.4, -0.2) is 17.9 Å². The lowest BCUT2D eigenvalue weighted by Crippen LogP contribution is -2.13. The molecule has 4 nitrogen and oxygen atoms in total. The summed E-state index contributed by atoms with van der Waals surface area (Å²) < 4.78 is 37.8. The maximum Gasteiger partial charge on any atom is 0.416 e. The van der Waals surface area contributed by atoms with Crippen molar-refractivity contribution in [2.45, 2.75) is 13.1 Å². The van der Waals surface area contributed by atoms with Crippen LogP contribution in [0.15, 0.2) is 24.3 Å². The van der Waals surface area contributed by atoms with Crippen LogP contribution in [0.3, 0.4) is 0 Å². The van der Waals surface area contributed by atoms with Crippen LogP contribution in [0.1, 0.15) is 20.9 Å². The van der Waals surface area contributed by atoms with E-state index in [9.17, 15) is 18.0 Å². The third kappa shape index (κ3) is 3.52. The Kier molecular flexibility index (Phi) is 4.17. The number of carbonyl (C=O) groups excluding carboxylic acids is 1. The molecule has 0 spiro atoms. The van der Waals surface area contributed by atoms with Crippen molar-refractivity contribution in [2.24, 2.45) is 0 Å². The summed E-state index contributed by atoms with van der Waals surface area (Å²) in [6.07, 6.45) is -4.44. The van der Waals surface area contributed by atoms with Gasteiger partial charge in [-0.1, -0.05) is 17.4 Å². The molecule has 21 heavy (non-hydrogen) atoms. The van der Waals surface area contributed by atoms with Gasteiger partial charge in [0.2, 0.25) is 0 Å². The molecule has 2 aromatic rings. The summed E-state index contributed by atoms with van der Waals surface area (Å²) in [5.74, 6) is -0.481. The van der Waals surface area contributed by atoms with E-state index in [1.165, 1.54) is 12.1 Å². The van der Waals surface area contributed by atoms with Gasteiger partial charge in [0.05, 0.1) is 11.3 Å². The minimum atomic E-state index is -4.44. The van der Waals surface area contributed by atoms with Crippen LogP contribution in [0.2, 0.25) is 0 Å². The molecule has 0 fully saturated rings. The van der Waals surface area contributed by atoms with Gasteiger partial charge in [0.15, 0.2) is 5.13 Å². The molecule has 112 valence electrons. The number of carbonyl (C=O) groups is 1. The number of rotatable bonds is 3. The first-order valence-corrected chi connectivity index (χ1v) is 6.76. The van der Waals surface area contributed by atoms with Crippen LogP contribution in [0.4, 0.5) is 24.0 Å². The van der Waals surface area contributed by atoms with Gasteiger partial charge in [0, 0.05) is 12.7 Å². The number of aromatic nitrogens is 1. The zero-order chi connectivity index (χ0) is 15.6. The van der Waals surface area contributed by atoms with Crippen molar-refractivity contribution in [3.8, 4) is 0 Å². The van der Waals surface area contributed by atoms with Gasteiger partial charge in [-0.2, -0.15) is 13.2 Å². The Morgan fingerprint density at radius 3 is 2.62 bits per heavy atom.